The Labute approximate surface area is 187 Å². The molecular formula is C24H28N2O6. The van der Waals surface area contributed by atoms with Crippen LogP contribution in [0.25, 0.3) is 0 Å². The summed E-state index contributed by atoms with van der Waals surface area (Å²) >= 11 is 0. The molecule has 0 fully saturated rings. The van der Waals surface area contributed by atoms with Gasteiger partial charge in [-0.3, -0.25) is 9.59 Å². The smallest absolute Gasteiger partial charge is 0.338 e. The van der Waals surface area contributed by atoms with Crippen LogP contribution in [0.3, 0.4) is 0 Å². The lowest BCUT2D eigenvalue weighted by Gasteiger charge is -2.33. The number of nitrogens with one attached hydrogen (secondary N) is 1. The second-order valence-electron chi connectivity index (χ2n) is 7.82. The summed E-state index contributed by atoms with van der Waals surface area (Å²) in [7, 11) is 1.50. The standard InChI is InChI=1S/C24H28N2O6/c1-16(2)12-13-30-18-10-8-17(9-11-18)24(29)31-15-22(27)26-14-21(23(28)25-3)32-20-7-5-4-6-19(20)26/h4-11,16,21H,12-15H2,1-3H3,(H,25,28). The van der Waals surface area contributed by atoms with Crippen LogP contribution in [0.2, 0.25) is 0 Å². The topological polar surface area (TPSA) is 94.2 Å². The van der Waals surface area contributed by atoms with Gasteiger partial charge in [-0.05, 0) is 48.7 Å². The van der Waals surface area contributed by atoms with Gasteiger partial charge >= 0.3 is 5.97 Å². The number of ether oxygens (including phenoxy) is 3. The van der Waals surface area contributed by atoms with Crippen LogP contribution < -0.4 is 19.7 Å². The number of amides is 2. The van der Waals surface area contributed by atoms with E-state index in [1.807, 2.05) is 0 Å². The lowest BCUT2D eigenvalue weighted by molar-refractivity contribution is -0.128. The number of esters is 1. The Morgan fingerprint density at radius 3 is 2.53 bits per heavy atom. The molecular weight excluding hydrogens is 412 g/mol. The fraction of sp³-hybridized carbons (Fsp3) is 0.375. The van der Waals surface area contributed by atoms with Gasteiger partial charge in [-0.15, -0.1) is 0 Å². The maximum Gasteiger partial charge on any atom is 0.338 e. The van der Waals surface area contributed by atoms with Crippen molar-refractivity contribution >= 4 is 23.5 Å². The highest BCUT2D eigenvalue weighted by Crippen LogP contribution is 2.33. The molecule has 1 N–H and O–H groups in total. The first-order chi connectivity index (χ1) is 15.4. The summed E-state index contributed by atoms with van der Waals surface area (Å²) in [6.07, 6.45) is 0.0925. The maximum absolute atomic E-state index is 12.8. The minimum atomic E-state index is -0.849. The summed E-state index contributed by atoms with van der Waals surface area (Å²) in [5.41, 5.74) is 0.844. The van der Waals surface area contributed by atoms with Crippen LogP contribution in [-0.2, 0) is 14.3 Å². The lowest BCUT2D eigenvalue weighted by Crippen LogP contribution is -2.51. The Balaban J connectivity index is 1.59. The fourth-order valence-corrected chi connectivity index (χ4v) is 3.16. The quantitative estimate of drug-likeness (QED) is 0.635. The molecule has 8 nitrogen and oxygen atoms in total. The van der Waals surface area contributed by atoms with E-state index in [1.54, 1.807) is 48.5 Å². The van der Waals surface area contributed by atoms with Crippen molar-refractivity contribution in [2.75, 3.05) is 31.7 Å². The van der Waals surface area contributed by atoms with Crippen molar-refractivity contribution < 1.29 is 28.6 Å². The van der Waals surface area contributed by atoms with Crippen LogP contribution in [0, 0.1) is 5.92 Å². The fourth-order valence-electron chi connectivity index (χ4n) is 3.16. The summed E-state index contributed by atoms with van der Waals surface area (Å²) in [6.45, 7) is 4.42. The van der Waals surface area contributed by atoms with E-state index in [9.17, 15) is 14.4 Å². The molecule has 1 atom stereocenters. The van der Waals surface area contributed by atoms with E-state index in [-0.39, 0.29) is 12.5 Å². The molecule has 1 aliphatic heterocycles. The average Bonchev–Trinajstić information content (AvgIpc) is 2.81. The molecule has 0 spiro atoms. The van der Waals surface area contributed by atoms with Gasteiger partial charge in [-0.1, -0.05) is 26.0 Å². The van der Waals surface area contributed by atoms with Gasteiger partial charge in [0.25, 0.3) is 11.8 Å². The van der Waals surface area contributed by atoms with E-state index in [0.29, 0.717) is 35.3 Å². The van der Waals surface area contributed by atoms with Crippen LogP contribution in [0.15, 0.2) is 48.5 Å². The largest absolute Gasteiger partial charge is 0.494 e. The van der Waals surface area contributed by atoms with Gasteiger partial charge in [0.1, 0.15) is 11.5 Å². The summed E-state index contributed by atoms with van der Waals surface area (Å²) in [4.78, 5) is 38.7. The summed E-state index contributed by atoms with van der Waals surface area (Å²) in [5, 5.41) is 2.52. The number of anilines is 1. The number of carbonyl (C=O) groups excluding carboxylic acids is 3. The third-order valence-electron chi connectivity index (χ3n) is 4.99. The van der Waals surface area contributed by atoms with Gasteiger partial charge in [0, 0.05) is 7.05 Å². The second-order valence-corrected chi connectivity index (χ2v) is 7.82. The van der Waals surface area contributed by atoms with Crippen molar-refractivity contribution in [2.24, 2.45) is 5.92 Å². The Morgan fingerprint density at radius 1 is 1.12 bits per heavy atom. The maximum atomic E-state index is 12.8. The zero-order valence-corrected chi connectivity index (χ0v) is 18.5. The Morgan fingerprint density at radius 2 is 1.84 bits per heavy atom. The molecule has 0 aromatic heterocycles. The van der Waals surface area contributed by atoms with E-state index >= 15 is 0 Å². The molecule has 2 aromatic rings. The van der Waals surface area contributed by atoms with E-state index in [0.717, 1.165) is 6.42 Å². The summed E-state index contributed by atoms with van der Waals surface area (Å²) in [6, 6.07) is 13.5. The van der Waals surface area contributed by atoms with Crippen molar-refractivity contribution in [1.82, 2.24) is 5.32 Å². The minimum Gasteiger partial charge on any atom is -0.494 e. The van der Waals surface area contributed by atoms with E-state index in [4.69, 9.17) is 14.2 Å². The molecule has 1 heterocycles. The van der Waals surface area contributed by atoms with Crippen molar-refractivity contribution in [3.8, 4) is 11.5 Å². The molecule has 32 heavy (non-hydrogen) atoms. The zero-order valence-electron chi connectivity index (χ0n) is 18.5. The number of likely N-dealkylation sites (N-methyl/N-ethyl adjacent to an activating group) is 1. The third kappa shape index (κ3) is 5.78. The zero-order chi connectivity index (χ0) is 23.1. The monoisotopic (exact) mass is 440 g/mol. The van der Waals surface area contributed by atoms with Crippen LogP contribution in [-0.4, -0.2) is 50.7 Å². The Hall–Kier alpha value is -3.55. The molecule has 2 amide bonds. The number of para-hydroxylation sites is 2. The molecule has 2 aromatic carbocycles. The van der Waals surface area contributed by atoms with E-state index in [2.05, 4.69) is 19.2 Å². The van der Waals surface area contributed by atoms with Crippen LogP contribution in [0.4, 0.5) is 5.69 Å². The lowest BCUT2D eigenvalue weighted by atomic mass is 10.1. The predicted octanol–water partition coefficient (Wildman–Crippen LogP) is 2.81. The molecule has 1 aliphatic rings. The number of hydrogen-bond acceptors (Lipinski definition) is 6. The Bertz CT molecular complexity index is 957. The number of benzene rings is 2. The number of hydrogen-bond donors (Lipinski definition) is 1. The van der Waals surface area contributed by atoms with Crippen LogP contribution >= 0.6 is 0 Å². The highest BCUT2D eigenvalue weighted by molar-refractivity contribution is 5.99. The average molecular weight is 440 g/mol. The number of carbonyl (C=O) groups is 3. The first kappa shape index (κ1) is 23.1. The molecule has 170 valence electrons. The first-order valence-electron chi connectivity index (χ1n) is 10.6. The SMILES string of the molecule is CNC(=O)C1CN(C(=O)COC(=O)c2ccc(OCCC(C)C)cc2)c2ccccc2O1. The molecule has 1 unspecified atom stereocenters. The molecule has 0 saturated heterocycles. The number of fused-ring (bicyclic) bond motifs is 1. The highest BCUT2D eigenvalue weighted by atomic mass is 16.5. The van der Waals surface area contributed by atoms with Crippen LogP contribution in [0.1, 0.15) is 30.6 Å². The van der Waals surface area contributed by atoms with Crippen LogP contribution in [0.5, 0.6) is 11.5 Å². The van der Waals surface area contributed by atoms with Gasteiger partial charge in [-0.2, -0.15) is 0 Å². The number of nitrogens with zero attached hydrogens (tertiary/aromatic N) is 1. The summed E-state index contributed by atoms with van der Waals surface area (Å²) < 4.78 is 16.6. The van der Waals surface area contributed by atoms with Gasteiger partial charge in [-0.25, -0.2) is 4.79 Å². The van der Waals surface area contributed by atoms with Gasteiger partial charge < -0.3 is 24.4 Å². The van der Waals surface area contributed by atoms with Gasteiger partial charge in [0.15, 0.2) is 12.7 Å². The molecule has 0 bridgehead atoms. The normalized spacial score (nSPS) is 14.9. The van der Waals surface area contributed by atoms with E-state index < -0.39 is 24.6 Å². The van der Waals surface area contributed by atoms with Gasteiger partial charge in [0.2, 0.25) is 0 Å². The molecule has 0 radical (unpaired) electrons. The number of rotatable bonds is 8. The van der Waals surface area contributed by atoms with Gasteiger partial charge in [0.05, 0.1) is 24.4 Å². The first-order valence-corrected chi connectivity index (χ1v) is 10.6. The van der Waals surface area contributed by atoms with E-state index in [1.165, 1.54) is 11.9 Å². The van der Waals surface area contributed by atoms with Crippen molar-refractivity contribution in [3.63, 3.8) is 0 Å². The molecule has 0 saturated carbocycles. The summed E-state index contributed by atoms with van der Waals surface area (Å²) in [5.74, 6) is 0.230. The highest BCUT2D eigenvalue weighted by Gasteiger charge is 2.33. The third-order valence-corrected chi connectivity index (χ3v) is 4.99. The van der Waals surface area contributed by atoms with Crippen molar-refractivity contribution in [1.29, 1.82) is 0 Å². The molecule has 0 aliphatic carbocycles. The molecule has 8 heteroatoms. The molecule has 3 rings (SSSR count). The predicted molar refractivity (Wildman–Crippen MR) is 119 cm³/mol. The second kappa shape index (κ2) is 10.7. The van der Waals surface area contributed by atoms with Crippen molar-refractivity contribution in [3.05, 3.63) is 54.1 Å². The minimum absolute atomic E-state index is 0.0233. The van der Waals surface area contributed by atoms with Crippen molar-refractivity contribution in [2.45, 2.75) is 26.4 Å². The Kier molecular flexibility index (Phi) is 7.70.